The number of aliphatic hydroxyl groups is 1. The van der Waals surface area contributed by atoms with Gasteiger partial charge in [0.05, 0.1) is 22.5 Å². The zero-order valence-corrected chi connectivity index (χ0v) is 10.9. The van der Waals surface area contributed by atoms with Crippen molar-refractivity contribution in [2.24, 2.45) is 11.1 Å². The average molecular weight is 244 g/mol. The van der Waals surface area contributed by atoms with Gasteiger partial charge in [-0.15, -0.1) is 0 Å². The Bertz CT molecular complexity index is 311. The van der Waals surface area contributed by atoms with Crippen LogP contribution in [0, 0.1) is 5.41 Å². The Morgan fingerprint density at radius 1 is 1.56 bits per heavy atom. The highest BCUT2D eigenvalue weighted by Gasteiger charge is 2.50. The second-order valence-electron chi connectivity index (χ2n) is 5.13. The lowest BCUT2D eigenvalue weighted by molar-refractivity contribution is -0.147. The van der Waals surface area contributed by atoms with Crippen molar-refractivity contribution >= 4 is 23.1 Å². The van der Waals surface area contributed by atoms with Crippen LogP contribution in [0.3, 0.4) is 0 Å². The number of rotatable bonds is 4. The lowest BCUT2D eigenvalue weighted by Gasteiger charge is -2.45. The van der Waals surface area contributed by atoms with Crippen LogP contribution in [0.15, 0.2) is 0 Å². The zero-order valence-electron chi connectivity index (χ0n) is 10.1. The summed E-state index contributed by atoms with van der Waals surface area (Å²) in [6.07, 6.45) is 2.44. The first-order chi connectivity index (χ1) is 7.28. The molecule has 1 aliphatic rings. The number of hydrogen-bond donors (Lipinski definition) is 2. The molecule has 92 valence electrons. The van der Waals surface area contributed by atoms with E-state index in [4.69, 9.17) is 18.0 Å². The standard InChI is InChI=1S/C11H20N2O2S/c1-10(2,7-14)13(3)9(15)11(8(12)16)5-4-6-11/h14H,4-7H2,1-3H3,(H2,12,16). The Labute approximate surface area is 102 Å². The van der Waals surface area contributed by atoms with Gasteiger partial charge in [0, 0.05) is 7.05 Å². The van der Waals surface area contributed by atoms with E-state index in [9.17, 15) is 9.90 Å². The molecule has 4 nitrogen and oxygen atoms in total. The van der Waals surface area contributed by atoms with Crippen molar-refractivity contribution in [3.05, 3.63) is 0 Å². The molecule has 0 unspecified atom stereocenters. The van der Waals surface area contributed by atoms with Gasteiger partial charge in [-0.1, -0.05) is 18.6 Å². The summed E-state index contributed by atoms with van der Waals surface area (Å²) in [5.74, 6) is -0.0645. The van der Waals surface area contributed by atoms with E-state index in [-0.39, 0.29) is 17.5 Å². The smallest absolute Gasteiger partial charge is 0.235 e. The topological polar surface area (TPSA) is 66.6 Å². The monoisotopic (exact) mass is 244 g/mol. The van der Waals surface area contributed by atoms with E-state index < -0.39 is 11.0 Å². The summed E-state index contributed by atoms with van der Waals surface area (Å²) in [7, 11) is 1.69. The van der Waals surface area contributed by atoms with Crippen LogP contribution >= 0.6 is 12.2 Å². The Kier molecular flexibility index (Phi) is 3.59. The van der Waals surface area contributed by atoms with Crippen LogP contribution in [0.1, 0.15) is 33.1 Å². The molecule has 0 aromatic rings. The predicted octanol–water partition coefficient (Wildman–Crippen LogP) is 0.672. The normalized spacial score (nSPS) is 18.8. The van der Waals surface area contributed by atoms with Crippen LogP contribution in [0.2, 0.25) is 0 Å². The molecule has 1 aliphatic carbocycles. The highest BCUT2D eigenvalue weighted by atomic mass is 32.1. The summed E-state index contributed by atoms with van der Waals surface area (Å²) >= 11 is 5.00. The summed E-state index contributed by atoms with van der Waals surface area (Å²) in [5.41, 5.74) is 4.44. The molecule has 16 heavy (non-hydrogen) atoms. The number of likely N-dealkylation sites (N-methyl/N-ethyl adjacent to an activating group) is 1. The van der Waals surface area contributed by atoms with Crippen LogP contribution in [-0.2, 0) is 4.79 Å². The number of carbonyl (C=O) groups is 1. The molecule has 1 rings (SSSR count). The van der Waals surface area contributed by atoms with Crippen molar-refractivity contribution in [3.8, 4) is 0 Å². The minimum absolute atomic E-state index is 0.0645. The third-order valence-corrected chi connectivity index (χ3v) is 4.08. The van der Waals surface area contributed by atoms with Gasteiger partial charge < -0.3 is 15.7 Å². The van der Waals surface area contributed by atoms with Crippen molar-refractivity contribution < 1.29 is 9.90 Å². The molecular formula is C11H20N2O2S. The first-order valence-corrected chi connectivity index (χ1v) is 5.88. The third kappa shape index (κ3) is 1.94. The van der Waals surface area contributed by atoms with Gasteiger partial charge in [0.25, 0.3) is 0 Å². The number of aliphatic hydroxyl groups excluding tert-OH is 1. The van der Waals surface area contributed by atoms with E-state index in [1.165, 1.54) is 0 Å². The third-order valence-electron chi connectivity index (χ3n) is 3.69. The minimum Gasteiger partial charge on any atom is -0.394 e. The second kappa shape index (κ2) is 4.30. The Morgan fingerprint density at radius 3 is 2.31 bits per heavy atom. The largest absolute Gasteiger partial charge is 0.394 e. The maximum absolute atomic E-state index is 12.3. The summed E-state index contributed by atoms with van der Waals surface area (Å²) in [4.78, 5) is 14.2. The molecule has 1 saturated carbocycles. The first-order valence-electron chi connectivity index (χ1n) is 5.47. The molecule has 0 aliphatic heterocycles. The summed E-state index contributed by atoms with van der Waals surface area (Å²) in [6, 6.07) is 0. The van der Waals surface area contributed by atoms with E-state index in [1.54, 1.807) is 11.9 Å². The summed E-state index contributed by atoms with van der Waals surface area (Å²) in [5, 5.41) is 9.25. The number of carbonyl (C=O) groups excluding carboxylic acids is 1. The molecular weight excluding hydrogens is 224 g/mol. The highest BCUT2D eigenvalue weighted by molar-refractivity contribution is 7.80. The molecule has 1 amide bonds. The van der Waals surface area contributed by atoms with Gasteiger partial charge in [-0.25, -0.2) is 0 Å². The van der Waals surface area contributed by atoms with Gasteiger partial charge in [0.2, 0.25) is 5.91 Å². The van der Waals surface area contributed by atoms with Crippen molar-refractivity contribution in [2.45, 2.75) is 38.6 Å². The predicted molar refractivity (Wildman–Crippen MR) is 67.0 cm³/mol. The zero-order chi connectivity index (χ0) is 12.6. The fourth-order valence-electron chi connectivity index (χ4n) is 1.80. The quantitative estimate of drug-likeness (QED) is 0.713. The van der Waals surface area contributed by atoms with Crippen molar-refractivity contribution in [2.75, 3.05) is 13.7 Å². The molecule has 1 fully saturated rings. The second-order valence-corrected chi connectivity index (χ2v) is 5.57. The summed E-state index contributed by atoms with van der Waals surface area (Å²) in [6.45, 7) is 3.55. The number of hydrogen-bond acceptors (Lipinski definition) is 3. The molecule has 0 radical (unpaired) electrons. The van der Waals surface area contributed by atoms with Crippen LogP contribution in [0.25, 0.3) is 0 Å². The van der Waals surface area contributed by atoms with E-state index in [2.05, 4.69) is 0 Å². The highest BCUT2D eigenvalue weighted by Crippen LogP contribution is 2.43. The van der Waals surface area contributed by atoms with Crippen LogP contribution in [0.5, 0.6) is 0 Å². The van der Waals surface area contributed by atoms with E-state index in [0.717, 1.165) is 19.3 Å². The lowest BCUT2D eigenvalue weighted by atomic mass is 9.67. The fourth-order valence-corrected chi connectivity index (χ4v) is 2.09. The van der Waals surface area contributed by atoms with Crippen LogP contribution < -0.4 is 5.73 Å². The average Bonchev–Trinajstić information content (AvgIpc) is 2.14. The SMILES string of the molecule is CN(C(=O)C1(C(N)=S)CCC1)C(C)(C)CO. The van der Waals surface area contributed by atoms with Gasteiger partial charge in [-0.3, -0.25) is 4.79 Å². The van der Waals surface area contributed by atoms with Crippen molar-refractivity contribution in [1.82, 2.24) is 4.90 Å². The number of nitrogens with two attached hydrogens (primary N) is 1. The van der Waals surface area contributed by atoms with Gasteiger partial charge in [-0.2, -0.15) is 0 Å². The van der Waals surface area contributed by atoms with Crippen LogP contribution in [0.4, 0.5) is 0 Å². The van der Waals surface area contributed by atoms with E-state index in [1.807, 2.05) is 13.8 Å². The maximum Gasteiger partial charge on any atom is 0.235 e. The molecule has 0 aromatic carbocycles. The van der Waals surface area contributed by atoms with Crippen molar-refractivity contribution in [3.63, 3.8) is 0 Å². The Hall–Kier alpha value is -0.680. The number of thiocarbonyl (C=S) groups is 1. The maximum atomic E-state index is 12.3. The molecule has 0 heterocycles. The van der Waals surface area contributed by atoms with E-state index in [0.29, 0.717) is 0 Å². The fraction of sp³-hybridized carbons (Fsp3) is 0.818. The molecule has 5 heteroatoms. The Morgan fingerprint density at radius 2 is 2.06 bits per heavy atom. The van der Waals surface area contributed by atoms with Crippen molar-refractivity contribution in [1.29, 1.82) is 0 Å². The molecule has 0 aromatic heterocycles. The molecule has 0 bridgehead atoms. The molecule has 0 atom stereocenters. The van der Waals surface area contributed by atoms with Gasteiger partial charge in [-0.05, 0) is 26.7 Å². The van der Waals surface area contributed by atoms with Gasteiger partial charge in [0.1, 0.15) is 0 Å². The minimum atomic E-state index is -0.656. The molecule has 0 spiro atoms. The van der Waals surface area contributed by atoms with Gasteiger partial charge in [0.15, 0.2) is 0 Å². The summed E-state index contributed by atoms with van der Waals surface area (Å²) < 4.78 is 0. The Balaban J connectivity index is 2.89. The molecule has 0 saturated heterocycles. The first kappa shape index (κ1) is 13.4. The molecule has 3 N–H and O–H groups in total. The van der Waals surface area contributed by atoms with Crippen LogP contribution in [-0.4, -0.2) is 40.1 Å². The number of amides is 1. The lowest BCUT2D eigenvalue weighted by Crippen LogP contribution is -2.59. The van der Waals surface area contributed by atoms with E-state index >= 15 is 0 Å². The number of nitrogens with zero attached hydrogens (tertiary/aromatic N) is 1. The van der Waals surface area contributed by atoms with Gasteiger partial charge >= 0.3 is 0 Å².